The lowest BCUT2D eigenvalue weighted by atomic mass is 9.86. The molecule has 1 aliphatic heterocycles. The zero-order chi connectivity index (χ0) is 11.9. The second-order valence-corrected chi connectivity index (χ2v) is 7.07. The third kappa shape index (κ3) is 6.15. The van der Waals surface area contributed by atoms with Crippen LogP contribution >= 0.6 is 11.8 Å². The molecule has 96 valence electrons. The van der Waals surface area contributed by atoms with E-state index in [4.69, 9.17) is 0 Å². The van der Waals surface area contributed by atoms with Gasteiger partial charge in [0.2, 0.25) is 0 Å². The van der Waals surface area contributed by atoms with Crippen molar-refractivity contribution in [2.24, 2.45) is 5.41 Å². The van der Waals surface area contributed by atoms with Gasteiger partial charge in [-0.05, 0) is 30.4 Å². The Balaban J connectivity index is 2.13. The minimum absolute atomic E-state index is 0.483. The summed E-state index contributed by atoms with van der Waals surface area (Å²) in [6.07, 6.45) is 8.28. The van der Waals surface area contributed by atoms with Gasteiger partial charge in [0.25, 0.3) is 0 Å². The highest BCUT2D eigenvalue weighted by Gasteiger charge is 2.20. The Morgan fingerprint density at radius 1 is 1.31 bits per heavy atom. The molecule has 0 radical (unpaired) electrons. The second kappa shape index (κ2) is 7.60. The second-order valence-electron chi connectivity index (χ2n) is 5.92. The van der Waals surface area contributed by atoms with Gasteiger partial charge in [0, 0.05) is 18.3 Å². The molecule has 0 aromatic rings. The number of hydrogen-bond acceptors (Lipinski definition) is 2. The van der Waals surface area contributed by atoms with Crippen LogP contribution in [0.15, 0.2) is 0 Å². The van der Waals surface area contributed by atoms with Gasteiger partial charge in [-0.15, -0.1) is 0 Å². The van der Waals surface area contributed by atoms with E-state index in [0.29, 0.717) is 5.41 Å². The highest BCUT2D eigenvalue weighted by atomic mass is 32.2. The predicted octanol–water partition coefficient (Wildman–Crippen LogP) is 4.08. The van der Waals surface area contributed by atoms with Gasteiger partial charge in [-0.1, -0.05) is 40.0 Å². The summed E-state index contributed by atoms with van der Waals surface area (Å²) in [5.74, 6) is 2.70. The van der Waals surface area contributed by atoms with Crippen molar-refractivity contribution in [3.8, 4) is 0 Å². The lowest BCUT2D eigenvalue weighted by Crippen LogP contribution is -2.39. The average molecular weight is 243 g/mol. The number of hydrogen-bond donors (Lipinski definition) is 1. The predicted molar refractivity (Wildman–Crippen MR) is 76.3 cm³/mol. The van der Waals surface area contributed by atoms with Gasteiger partial charge in [0.1, 0.15) is 0 Å². The molecule has 1 rings (SSSR count). The largest absolute Gasteiger partial charge is 0.313 e. The maximum atomic E-state index is 3.77. The number of thioether (sulfide) groups is 1. The number of unbranched alkanes of at least 4 members (excludes halogenated alkanes) is 2. The van der Waals surface area contributed by atoms with Crippen LogP contribution in [0, 0.1) is 5.41 Å². The van der Waals surface area contributed by atoms with Crippen molar-refractivity contribution in [2.75, 3.05) is 18.1 Å². The SMILES string of the molecule is CCCCCC(C)(C)CNC1CCCSC1. The fourth-order valence-corrected chi connectivity index (χ4v) is 3.37. The van der Waals surface area contributed by atoms with Gasteiger partial charge < -0.3 is 5.32 Å². The summed E-state index contributed by atoms with van der Waals surface area (Å²) in [6, 6.07) is 0.782. The zero-order valence-electron chi connectivity index (χ0n) is 11.3. The minimum atomic E-state index is 0.483. The van der Waals surface area contributed by atoms with Crippen LogP contribution in [0.2, 0.25) is 0 Å². The van der Waals surface area contributed by atoms with Crippen molar-refractivity contribution in [1.29, 1.82) is 0 Å². The summed E-state index contributed by atoms with van der Waals surface area (Å²) in [6.45, 7) is 8.30. The molecule has 0 spiro atoms. The van der Waals surface area contributed by atoms with E-state index in [2.05, 4.69) is 37.8 Å². The first-order chi connectivity index (χ1) is 7.64. The molecule has 1 saturated heterocycles. The summed E-state index contributed by atoms with van der Waals surface area (Å²) in [5.41, 5.74) is 0.483. The minimum Gasteiger partial charge on any atom is -0.313 e. The maximum absolute atomic E-state index is 3.77. The highest BCUT2D eigenvalue weighted by Crippen LogP contribution is 2.24. The molecule has 0 aromatic carbocycles. The molecular formula is C14H29NS. The lowest BCUT2D eigenvalue weighted by Gasteiger charge is -2.30. The van der Waals surface area contributed by atoms with Crippen LogP contribution in [0.3, 0.4) is 0 Å². The quantitative estimate of drug-likeness (QED) is 0.676. The van der Waals surface area contributed by atoms with E-state index in [1.165, 1.54) is 56.6 Å². The van der Waals surface area contributed by atoms with Crippen LogP contribution in [-0.2, 0) is 0 Å². The molecule has 1 N–H and O–H groups in total. The van der Waals surface area contributed by atoms with Crippen LogP contribution in [-0.4, -0.2) is 24.1 Å². The van der Waals surface area contributed by atoms with Crippen LogP contribution < -0.4 is 5.32 Å². The normalized spacial score (nSPS) is 22.3. The summed E-state index contributed by atoms with van der Waals surface area (Å²) >= 11 is 2.11. The summed E-state index contributed by atoms with van der Waals surface area (Å²) in [4.78, 5) is 0. The fourth-order valence-electron chi connectivity index (χ4n) is 2.26. The van der Waals surface area contributed by atoms with E-state index in [9.17, 15) is 0 Å². The van der Waals surface area contributed by atoms with E-state index in [1.807, 2.05) is 0 Å². The van der Waals surface area contributed by atoms with Crippen LogP contribution in [0.5, 0.6) is 0 Å². The first-order valence-electron chi connectivity index (χ1n) is 6.95. The van der Waals surface area contributed by atoms with Gasteiger partial charge in [-0.3, -0.25) is 0 Å². The molecule has 1 nitrogen and oxygen atoms in total. The molecule has 0 saturated carbocycles. The molecule has 2 heteroatoms. The third-order valence-electron chi connectivity index (χ3n) is 3.49. The molecule has 1 fully saturated rings. The van der Waals surface area contributed by atoms with Crippen LogP contribution in [0.1, 0.15) is 59.3 Å². The van der Waals surface area contributed by atoms with Crippen LogP contribution in [0.4, 0.5) is 0 Å². The lowest BCUT2D eigenvalue weighted by molar-refractivity contribution is 0.287. The monoisotopic (exact) mass is 243 g/mol. The summed E-state index contributed by atoms with van der Waals surface area (Å²) in [7, 11) is 0. The van der Waals surface area contributed by atoms with Crippen molar-refractivity contribution >= 4 is 11.8 Å². The average Bonchev–Trinajstić information content (AvgIpc) is 2.28. The smallest absolute Gasteiger partial charge is 0.0158 e. The number of nitrogens with one attached hydrogen (secondary N) is 1. The van der Waals surface area contributed by atoms with Gasteiger partial charge in [0.05, 0.1) is 0 Å². The van der Waals surface area contributed by atoms with E-state index >= 15 is 0 Å². The molecule has 16 heavy (non-hydrogen) atoms. The van der Waals surface area contributed by atoms with E-state index < -0.39 is 0 Å². The first-order valence-corrected chi connectivity index (χ1v) is 8.10. The summed E-state index contributed by atoms with van der Waals surface area (Å²) < 4.78 is 0. The standard InChI is InChI=1S/C14H29NS/c1-4-5-6-9-14(2,3)12-15-13-8-7-10-16-11-13/h13,15H,4-12H2,1-3H3. The Kier molecular flexibility index (Phi) is 6.83. The Labute approximate surface area is 106 Å². The molecule has 1 heterocycles. The Morgan fingerprint density at radius 3 is 2.75 bits per heavy atom. The van der Waals surface area contributed by atoms with Gasteiger partial charge in [-0.2, -0.15) is 11.8 Å². The Hall–Kier alpha value is 0.310. The number of rotatable bonds is 7. The maximum Gasteiger partial charge on any atom is 0.0158 e. The molecule has 0 amide bonds. The fraction of sp³-hybridized carbons (Fsp3) is 1.00. The molecular weight excluding hydrogens is 214 g/mol. The highest BCUT2D eigenvalue weighted by molar-refractivity contribution is 7.99. The van der Waals surface area contributed by atoms with Gasteiger partial charge >= 0.3 is 0 Å². The Bertz CT molecular complexity index is 174. The molecule has 0 bridgehead atoms. The van der Waals surface area contributed by atoms with Crippen molar-refractivity contribution in [2.45, 2.75) is 65.3 Å². The first kappa shape index (κ1) is 14.4. The third-order valence-corrected chi connectivity index (χ3v) is 4.70. The van der Waals surface area contributed by atoms with Crippen LogP contribution in [0.25, 0.3) is 0 Å². The van der Waals surface area contributed by atoms with Gasteiger partial charge in [0.15, 0.2) is 0 Å². The summed E-state index contributed by atoms with van der Waals surface area (Å²) in [5, 5.41) is 3.77. The van der Waals surface area contributed by atoms with Crippen molar-refractivity contribution in [3.63, 3.8) is 0 Å². The van der Waals surface area contributed by atoms with E-state index in [0.717, 1.165) is 6.04 Å². The van der Waals surface area contributed by atoms with Crippen molar-refractivity contribution in [3.05, 3.63) is 0 Å². The van der Waals surface area contributed by atoms with Crippen molar-refractivity contribution < 1.29 is 0 Å². The molecule has 0 aliphatic carbocycles. The molecule has 1 aliphatic rings. The molecule has 0 aromatic heterocycles. The molecule has 1 atom stereocenters. The van der Waals surface area contributed by atoms with E-state index in [-0.39, 0.29) is 0 Å². The van der Waals surface area contributed by atoms with Gasteiger partial charge in [-0.25, -0.2) is 0 Å². The topological polar surface area (TPSA) is 12.0 Å². The zero-order valence-corrected chi connectivity index (χ0v) is 12.2. The van der Waals surface area contributed by atoms with Crippen molar-refractivity contribution in [1.82, 2.24) is 5.32 Å². The Morgan fingerprint density at radius 2 is 2.12 bits per heavy atom. The molecule has 1 unspecified atom stereocenters. The van der Waals surface area contributed by atoms with E-state index in [1.54, 1.807) is 0 Å².